The molecule has 0 saturated heterocycles. The summed E-state index contributed by atoms with van der Waals surface area (Å²) in [5, 5.41) is 15.2. The van der Waals surface area contributed by atoms with Gasteiger partial charge < -0.3 is 0 Å². The highest BCUT2D eigenvalue weighted by molar-refractivity contribution is 5.95. The van der Waals surface area contributed by atoms with Crippen molar-refractivity contribution in [3.63, 3.8) is 0 Å². The van der Waals surface area contributed by atoms with Gasteiger partial charge in [-0.15, -0.1) is 0 Å². The molecule has 2 aromatic rings. The Morgan fingerprint density at radius 1 is 1.38 bits per heavy atom. The lowest BCUT2D eigenvalue weighted by molar-refractivity contribution is -0.386. The van der Waals surface area contributed by atoms with Crippen LogP contribution < -0.4 is 0 Å². The van der Waals surface area contributed by atoms with E-state index in [1.807, 2.05) is 0 Å². The number of aryl methyl sites for hydroxylation is 1. The zero-order chi connectivity index (χ0) is 15.6. The molecule has 0 atom stereocenters. The van der Waals surface area contributed by atoms with Gasteiger partial charge in [-0.3, -0.25) is 24.6 Å². The predicted molar refractivity (Wildman–Crippen MR) is 76.3 cm³/mol. The van der Waals surface area contributed by atoms with Gasteiger partial charge >= 0.3 is 0 Å². The third kappa shape index (κ3) is 2.96. The van der Waals surface area contributed by atoms with E-state index in [2.05, 4.69) is 10.1 Å². The molecule has 7 nitrogen and oxygen atoms in total. The Morgan fingerprint density at radius 3 is 2.71 bits per heavy atom. The van der Waals surface area contributed by atoms with E-state index in [4.69, 9.17) is 0 Å². The first-order valence-electron chi connectivity index (χ1n) is 6.59. The zero-order valence-electron chi connectivity index (χ0n) is 12.2. The van der Waals surface area contributed by atoms with E-state index < -0.39 is 4.92 Å². The Morgan fingerprint density at radius 2 is 2.10 bits per heavy atom. The SMILES string of the molecule is CCC(=O)c1cnn(Cc2ncc(C)c([N+](=O)[O-])c2C)c1. The van der Waals surface area contributed by atoms with Crippen LogP contribution in [0.4, 0.5) is 5.69 Å². The van der Waals surface area contributed by atoms with Crippen LogP contribution in [0.5, 0.6) is 0 Å². The van der Waals surface area contributed by atoms with Gasteiger partial charge in [-0.1, -0.05) is 6.92 Å². The van der Waals surface area contributed by atoms with Crippen molar-refractivity contribution in [1.82, 2.24) is 14.8 Å². The quantitative estimate of drug-likeness (QED) is 0.478. The third-order valence-electron chi connectivity index (χ3n) is 3.35. The van der Waals surface area contributed by atoms with E-state index >= 15 is 0 Å². The molecule has 0 amide bonds. The summed E-state index contributed by atoms with van der Waals surface area (Å²) in [4.78, 5) is 26.5. The maximum Gasteiger partial charge on any atom is 0.278 e. The highest BCUT2D eigenvalue weighted by atomic mass is 16.6. The second-order valence-electron chi connectivity index (χ2n) is 4.82. The van der Waals surface area contributed by atoms with E-state index in [9.17, 15) is 14.9 Å². The van der Waals surface area contributed by atoms with E-state index in [1.165, 1.54) is 12.4 Å². The minimum atomic E-state index is -0.398. The molecule has 0 unspecified atom stereocenters. The third-order valence-corrected chi connectivity index (χ3v) is 3.35. The first kappa shape index (κ1) is 14.8. The summed E-state index contributed by atoms with van der Waals surface area (Å²) in [6.07, 6.45) is 5.05. The van der Waals surface area contributed by atoms with Crippen molar-refractivity contribution in [2.45, 2.75) is 33.7 Å². The fourth-order valence-corrected chi connectivity index (χ4v) is 2.16. The Hall–Kier alpha value is -2.57. The number of rotatable bonds is 5. The van der Waals surface area contributed by atoms with Crippen LogP contribution in [-0.4, -0.2) is 25.5 Å². The number of Topliss-reactive ketones (excluding diaryl/α,β-unsaturated/α-hetero) is 1. The number of hydrogen-bond donors (Lipinski definition) is 0. The average Bonchev–Trinajstić information content (AvgIpc) is 2.89. The standard InChI is InChI=1S/C14H16N4O3/c1-4-13(19)11-6-16-17(7-11)8-12-10(3)14(18(20)21)9(2)5-15-12/h5-7H,4,8H2,1-3H3. The number of carbonyl (C=O) groups excluding carboxylic acids is 1. The van der Waals surface area contributed by atoms with Crippen LogP contribution in [0.3, 0.4) is 0 Å². The lowest BCUT2D eigenvalue weighted by Gasteiger charge is -2.07. The van der Waals surface area contributed by atoms with E-state index in [0.717, 1.165) is 0 Å². The normalized spacial score (nSPS) is 10.6. The van der Waals surface area contributed by atoms with Crippen molar-refractivity contribution in [1.29, 1.82) is 0 Å². The molecule has 0 saturated carbocycles. The molecule has 2 rings (SSSR count). The number of nitro groups is 1. The molecule has 0 aliphatic rings. The van der Waals surface area contributed by atoms with Crippen LogP contribution >= 0.6 is 0 Å². The number of aromatic nitrogens is 3. The molecular weight excluding hydrogens is 272 g/mol. The maximum atomic E-state index is 11.6. The molecule has 21 heavy (non-hydrogen) atoms. The fraction of sp³-hybridized carbons (Fsp3) is 0.357. The Labute approximate surface area is 121 Å². The highest BCUT2D eigenvalue weighted by Crippen LogP contribution is 2.24. The average molecular weight is 288 g/mol. The molecule has 0 aliphatic carbocycles. The molecule has 110 valence electrons. The molecule has 0 aromatic carbocycles. The van der Waals surface area contributed by atoms with Crippen molar-refractivity contribution in [3.05, 3.63) is 51.1 Å². The Kier molecular flexibility index (Phi) is 4.11. The minimum absolute atomic E-state index is 0.0146. The van der Waals surface area contributed by atoms with Crippen LogP contribution in [-0.2, 0) is 6.54 Å². The summed E-state index contributed by atoms with van der Waals surface area (Å²) in [7, 11) is 0. The second kappa shape index (κ2) is 5.82. The largest absolute Gasteiger partial charge is 0.294 e. The summed E-state index contributed by atoms with van der Waals surface area (Å²) in [6.45, 7) is 5.42. The Bertz CT molecular complexity index is 706. The van der Waals surface area contributed by atoms with Gasteiger partial charge in [-0.25, -0.2) is 0 Å². The van der Waals surface area contributed by atoms with E-state index in [1.54, 1.807) is 31.6 Å². The number of hydrogen-bond acceptors (Lipinski definition) is 5. The molecule has 0 N–H and O–H groups in total. The van der Waals surface area contributed by atoms with E-state index in [-0.39, 0.29) is 11.5 Å². The van der Waals surface area contributed by atoms with Crippen LogP contribution in [0.1, 0.15) is 40.5 Å². The maximum absolute atomic E-state index is 11.6. The van der Waals surface area contributed by atoms with Crippen LogP contribution in [0, 0.1) is 24.0 Å². The van der Waals surface area contributed by atoms with Crippen LogP contribution in [0.15, 0.2) is 18.6 Å². The highest BCUT2D eigenvalue weighted by Gasteiger charge is 2.19. The van der Waals surface area contributed by atoms with Crippen LogP contribution in [0.2, 0.25) is 0 Å². The number of pyridine rings is 1. The van der Waals surface area contributed by atoms with Gasteiger partial charge in [0.05, 0.1) is 34.5 Å². The zero-order valence-corrected chi connectivity index (χ0v) is 12.2. The van der Waals surface area contributed by atoms with Gasteiger partial charge in [0.2, 0.25) is 0 Å². The molecular formula is C14H16N4O3. The predicted octanol–water partition coefficient (Wildman–Crippen LogP) is 2.44. The van der Waals surface area contributed by atoms with Crippen LogP contribution in [0.25, 0.3) is 0 Å². The summed E-state index contributed by atoms with van der Waals surface area (Å²) in [5.74, 6) is 0.0146. The topological polar surface area (TPSA) is 90.9 Å². The van der Waals surface area contributed by atoms with Crippen molar-refractivity contribution >= 4 is 11.5 Å². The number of nitrogens with zero attached hydrogens (tertiary/aromatic N) is 4. The fourth-order valence-electron chi connectivity index (χ4n) is 2.16. The van der Waals surface area contributed by atoms with Gasteiger partial charge in [-0.2, -0.15) is 5.10 Å². The molecule has 0 aliphatic heterocycles. The van der Waals surface area contributed by atoms with Gasteiger partial charge in [0, 0.05) is 24.4 Å². The molecule has 7 heteroatoms. The molecule has 0 bridgehead atoms. The van der Waals surface area contributed by atoms with E-state index in [0.29, 0.717) is 35.3 Å². The Balaban J connectivity index is 2.32. The van der Waals surface area contributed by atoms with Crippen molar-refractivity contribution < 1.29 is 9.72 Å². The van der Waals surface area contributed by atoms with Gasteiger partial charge in [0.1, 0.15) is 0 Å². The summed E-state index contributed by atoms with van der Waals surface area (Å²) in [6, 6.07) is 0. The minimum Gasteiger partial charge on any atom is -0.294 e. The lowest BCUT2D eigenvalue weighted by atomic mass is 10.1. The van der Waals surface area contributed by atoms with Crippen molar-refractivity contribution in [2.24, 2.45) is 0 Å². The summed E-state index contributed by atoms with van der Waals surface area (Å²) in [5.41, 5.74) is 2.25. The molecule has 2 aromatic heterocycles. The number of carbonyl (C=O) groups is 1. The monoisotopic (exact) mass is 288 g/mol. The van der Waals surface area contributed by atoms with Gasteiger partial charge in [-0.05, 0) is 13.8 Å². The molecule has 2 heterocycles. The second-order valence-corrected chi connectivity index (χ2v) is 4.82. The van der Waals surface area contributed by atoms with Gasteiger partial charge in [0.15, 0.2) is 5.78 Å². The van der Waals surface area contributed by atoms with Crippen molar-refractivity contribution in [3.8, 4) is 0 Å². The summed E-state index contributed by atoms with van der Waals surface area (Å²) >= 11 is 0. The summed E-state index contributed by atoms with van der Waals surface area (Å²) < 4.78 is 1.57. The molecule has 0 spiro atoms. The molecule has 0 radical (unpaired) electrons. The van der Waals surface area contributed by atoms with Crippen molar-refractivity contribution in [2.75, 3.05) is 0 Å². The lowest BCUT2D eigenvalue weighted by Crippen LogP contribution is -2.07. The first-order chi connectivity index (χ1) is 9.93. The first-order valence-corrected chi connectivity index (χ1v) is 6.59. The van der Waals surface area contributed by atoms with Gasteiger partial charge in [0.25, 0.3) is 5.69 Å². The smallest absolute Gasteiger partial charge is 0.278 e. The number of ketones is 1. The molecule has 0 fully saturated rings.